The Kier molecular flexibility index (Phi) is 6.62. The predicted octanol–water partition coefficient (Wildman–Crippen LogP) is 6.25. The zero-order valence-corrected chi connectivity index (χ0v) is 20.3. The van der Waals surface area contributed by atoms with Gasteiger partial charge >= 0.3 is 0 Å². The molecule has 0 unspecified atom stereocenters. The van der Waals surface area contributed by atoms with Crippen LogP contribution in [0.3, 0.4) is 0 Å². The molecule has 5 nitrogen and oxygen atoms in total. The molecule has 0 saturated carbocycles. The van der Waals surface area contributed by atoms with Crippen LogP contribution in [0.1, 0.15) is 63.4 Å². The Morgan fingerprint density at radius 1 is 1.10 bits per heavy atom. The fraction of sp³-hybridized carbons (Fsp3) is 0.522. The highest BCUT2D eigenvalue weighted by Gasteiger charge is 2.21. The summed E-state index contributed by atoms with van der Waals surface area (Å²) in [7, 11) is 2.06. The molecule has 0 atom stereocenters. The Hall–Kier alpha value is -1.95. The molecule has 0 aromatic carbocycles. The Morgan fingerprint density at radius 3 is 2.38 bits per heavy atom. The fourth-order valence-corrected chi connectivity index (χ4v) is 4.88. The minimum atomic E-state index is 0.455. The number of rotatable bonds is 7. The van der Waals surface area contributed by atoms with Gasteiger partial charge in [-0.25, -0.2) is 15.0 Å². The number of halogens is 1. The van der Waals surface area contributed by atoms with Crippen molar-refractivity contribution in [2.75, 3.05) is 18.5 Å². The van der Waals surface area contributed by atoms with E-state index in [4.69, 9.17) is 15.0 Å². The largest absolute Gasteiger partial charge is 0.359 e. The third kappa shape index (κ3) is 3.79. The molecule has 0 N–H and O–H groups in total. The normalized spacial score (nSPS) is 11.6. The Bertz CT molecular complexity index is 1020. The molecule has 0 radical (unpaired) electrons. The summed E-state index contributed by atoms with van der Waals surface area (Å²) in [6, 6.07) is 0.455. The number of aromatic nitrogens is 4. The summed E-state index contributed by atoms with van der Waals surface area (Å²) in [5.74, 6) is 0.968. The standard InChI is InChI=1S/C23H32BrN5/c1-8-16(9-2)29-13-14(5)20-23(29)26-15(6)21(27-20)18-12-25-22(28(7)11-4)19(24)17(18)10-3/h12-13,16H,8-11H2,1-7H3. The lowest BCUT2D eigenvalue weighted by Gasteiger charge is -2.21. The molecule has 0 bridgehead atoms. The van der Waals surface area contributed by atoms with Crippen LogP contribution in [-0.2, 0) is 6.42 Å². The van der Waals surface area contributed by atoms with Crippen LogP contribution < -0.4 is 4.90 Å². The van der Waals surface area contributed by atoms with E-state index in [2.05, 4.69) is 80.2 Å². The third-order valence-corrected chi connectivity index (χ3v) is 6.72. The maximum absolute atomic E-state index is 5.10. The minimum Gasteiger partial charge on any atom is -0.359 e. The van der Waals surface area contributed by atoms with E-state index in [1.165, 1.54) is 11.1 Å². The van der Waals surface area contributed by atoms with Gasteiger partial charge in [0.1, 0.15) is 11.3 Å². The SMILES string of the molecule is CCc1c(-c2nc3c(C)cn(C(CC)CC)c3nc2C)cnc(N(C)CC)c1Br. The summed E-state index contributed by atoms with van der Waals surface area (Å²) in [6.45, 7) is 13.9. The van der Waals surface area contributed by atoms with Gasteiger partial charge in [-0.2, -0.15) is 0 Å². The lowest BCUT2D eigenvalue weighted by Crippen LogP contribution is -2.18. The van der Waals surface area contributed by atoms with E-state index in [0.717, 1.165) is 64.2 Å². The van der Waals surface area contributed by atoms with Gasteiger partial charge in [0.15, 0.2) is 5.65 Å². The van der Waals surface area contributed by atoms with Crippen LogP contribution in [0, 0.1) is 13.8 Å². The van der Waals surface area contributed by atoms with Gasteiger partial charge in [0.25, 0.3) is 0 Å². The molecule has 3 aromatic rings. The highest BCUT2D eigenvalue weighted by molar-refractivity contribution is 9.10. The second-order valence-corrected chi connectivity index (χ2v) is 8.47. The van der Waals surface area contributed by atoms with Gasteiger partial charge in [-0.1, -0.05) is 20.8 Å². The smallest absolute Gasteiger partial charge is 0.159 e. The number of hydrogen-bond acceptors (Lipinski definition) is 4. The lowest BCUT2D eigenvalue weighted by molar-refractivity contribution is 0.482. The summed E-state index contributed by atoms with van der Waals surface area (Å²) >= 11 is 3.81. The molecule has 0 aliphatic heterocycles. The molecule has 0 aliphatic rings. The van der Waals surface area contributed by atoms with Gasteiger partial charge in [0.2, 0.25) is 0 Å². The van der Waals surface area contributed by atoms with E-state index in [9.17, 15) is 0 Å². The van der Waals surface area contributed by atoms with Gasteiger partial charge < -0.3 is 9.47 Å². The third-order valence-electron chi connectivity index (χ3n) is 5.89. The number of anilines is 1. The highest BCUT2D eigenvalue weighted by Crippen LogP contribution is 2.36. The van der Waals surface area contributed by atoms with Crippen LogP contribution >= 0.6 is 15.9 Å². The zero-order valence-electron chi connectivity index (χ0n) is 18.7. The van der Waals surface area contributed by atoms with Crippen molar-refractivity contribution in [3.8, 4) is 11.3 Å². The van der Waals surface area contributed by atoms with Crippen molar-refractivity contribution in [2.45, 2.75) is 66.8 Å². The Morgan fingerprint density at radius 2 is 1.79 bits per heavy atom. The van der Waals surface area contributed by atoms with E-state index >= 15 is 0 Å². The van der Waals surface area contributed by atoms with Gasteiger partial charge in [-0.05, 0) is 67.1 Å². The van der Waals surface area contributed by atoms with Crippen molar-refractivity contribution >= 4 is 32.9 Å². The van der Waals surface area contributed by atoms with Crippen LogP contribution in [0.4, 0.5) is 5.82 Å². The van der Waals surface area contributed by atoms with Crippen molar-refractivity contribution < 1.29 is 0 Å². The molecule has 3 rings (SSSR count). The summed E-state index contributed by atoms with van der Waals surface area (Å²) in [5, 5.41) is 0. The number of nitrogens with zero attached hydrogens (tertiary/aromatic N) is 5. The van der Waals surface area contributed by atoms with Crippen LogP contribution in [0.15, 0.2) is 16.9 Å². The molecule has 0 saturated heterocycles. The predicted molar refractivity (Wildman–Crippen MR) is 126 cm³/mol. The topological polar surface area (TPSA) is 46.8 Å². The minimum absolute atomic E-state index is 0.455. The maximum Gasteiger partial charge on any atom is 0.159 e. The van der Waals surface area contributed by atoms with Crippen LogP contribution in [0.5, 0.6) is 0 Å². The highest BCUT2D eigenvalue weighted by atomic mass is 79.9. The lowest BCUT2D eigenvalue weighted by atomic mass is 10.0. The molecule has 0 aliphatic carbocycles. The summed E-state index contributed by atoms with van der Waals surface area (Å²) in [5.41, 5.74) is 7.32. The van der Waals surface area contributed by atoms with E-state index in [1.807, 2.05) is 6.20 Å². The first kappa shape index (κ1) is 21.8. The molecule has 3 heterocycles. The second-order valence-electron chi connectivity index (χ2n) is 7.68. The number of aryl methyl sites for hydroxylation is 2. The first-order valence-electron chi connectivity index (χ1n) is 10.6. The average Bonchev–Trinajstić information content (AvgIpc) is 3.03. The molecule has 156 valence electrons. The average molecular weight is 458 g/mol. The first-order chi connectivity index (χ1) is 13.9. The molecule has 0 amide bonds. The monoisotopic (exact) mass is 457 g/mol. The van der Waals surface area contributed by atoms with Gasteiger partial charge in [-0.3, -0.25) is 0 Å². The molecule has 6 heteroatoms. The quantitative estimate of drug-likeness (QED) is 0.420. The van der Waals surface area contributed by atoms with Crippen LogP contribution in [-0.4, -0.2) is 33.1 Å². The summed E-state index contributed by atoms with van der Waals surface area (Å²) in [4.78, 5) is 17.0. The Labute approximate surface area is 182 Å². The van der Waals surface area contributed by atoms with E-state index in [-0.39, 0.29) is 0 Å². The zero-order chi connectivity index (χ0) is 21.3. The number of pyridine rings is 1. The van der Waals surface area contributed by atoms with E-state index in [0.29, 0.717) is 6.04 Å². The Balaban J connectivity index is 2.22. The maximum atomic E-state index is 5.10. The van der Waals surface area contributed by atoms with Crippen molar-refractivity contribution in [3.05, 3.63) is 33.7 Å². The van der Waals surface area contributed by atoms with Gasteiger partial charge in [-0.15, -0.1) is 0 Å². The van der Waals surface area contributed by atoms with Gasteiger partial charge in [0.05, 0.1) is 15.9 Å². The van der Waals surface area contributed by atoms with E-state index in [1.54, 1.807) is 0 Å². The summed E-state index contributed by atoms with van der Waals surface area (Å²) in [6.07, 6.45) is 7.24. The first-order valence-corrected chi connectivity index (χ1v) is 11.4. The van der Waals surface area contributed by atoms with Crippen molar-refractivity contribution in [3.63, 3.8) is 0 Å². The summed E-state index contributed by atoms with van der Waals surface area (Å²) < 4.78 is 3.36. The van der Waals surface area contributed by atoms with E-state index < -0.39 is 0 Å². The molecular weight excluding hydrogens is 426 g/mol. The van der Waals surface area contributed by atoms with Gasteiger partial charge in [0, 0.05) is 37.6 Å². The molecule has 3 aromatic heterocycles. The fourth-order valence-electron chi connectivity index (χ4n) is 3.98. The second kappa shape index (κ2) is 8.82. The molecule has 0 fully saturated rings. The molecule has 0 spiro atoms. The van der Waals surface area contributed by atoms with Crippen molar-refractivity contribution in [2.24, 2.45) is 0 Å². The number of hydrogen-bond donors (Lipinski definition) is 0. The molecular formula is C23H32BrN5. The van der Waals surface area contributed by atoms with Crippen LogP contribution in [0.25, 0.3) is 22.4 Å². The van der Waals surface area contributed by atoms with Crippen LogP contribution in [0.2, 0.25) is 0 Å². The number of fused-ring (bicyclic) bond motifs is 1. The van der Waals surface area contributed by atoms with Crippen molar-refractivity contribution in [1.82, 2.24) is 19.5 Å². The van der Waals surface area contributed by atoms with Crippen molar-refractivity contribution in [1.29, 1.82) is 0 Å². The molecule has 29 heavy (non-hydrogen) atoms.